The first kappa shape index (κ1) is 10.9. The van der Waals surface area contributed by atoms with E-state index in [1.165, 1.54) is 7.11 Å². The summed E-state index contributed by atoms with van der Waals surface area (Å²) in [6.07, 6.45) is 1.97. The van der Waals surface area contributed by atoms with Crippen molar-refractivity contribution in [3.8, 4) is 5.75 Å². The quantitative estimate of drug-likeness (QED) is 0.764. The van der Waals surface area contributed by atoms with E-state index in [1.54, 1.807) is 6.07 Å². The number of carbonyl (C=O) groups excluding carboxylic acids is 1. The van der Waals surface area contributed by atoms with Crippen molar-refractivity contribution in [2.45, 2.75) is 12.8 Å². The molecule has 0 saturated heterocycles. The van der Waals surface area contributed by atoms with Crippen LogP contribution in [0.5, 0.6) is 5.75 Å². The number of rotatable bonds is 4. The first-order valence-electron chi connectivity index (χ1n) is 4.79. The van der Waals surface area contributed by atoms with Crippen LogP contribution in [-0.4, -0.2) is 13.4 Å². The van der Waals surface area contributed by atoms with Crippen LogP contribution in [0.1, 0.15) is 12.0 Å². The second-order valence-corrected chi connectivity index (χ2v) is 4.26. The Morgan fingerprint density at radius 3 is 3.00 bits per heavy atom. The van der Waals surface area contributed by atoms with Gasteiger partial charge in [0, 0.05) is 6.42 Å². The lowest BCUT2D eigenvalue weighted by Gasteiger charge is -2.03. The third kappa shape index (κ3) is 1.99. The summed E-state index contributed by atoms with van der Waals surface area (Å²) in [5.41, 5.74) is 1.45. The number of fused-ring (bicyclic) bond motifs is 1. The van der Waals surface area contributed by atoms with Crippen molar-refractivity contribution >= 4 is 27.9 Å². The lowest BCUT2D eigenvalue weighted by atomic mass is 10.1. The molecule has 0 radical (unpaired) electrons. The Hall–Kier alpha value is -1.62. The summed E-state index contributed by atoms with van der Waals surface area (Å²) in [5, 5.41) is 0. The molecule has 2 rings (SSSR count). The summed E-state index contributed by atoms with van der Waals surface area (Å²) >= 11 is 1.04. The SMILES string of the molecule is COc1cc(CCC=O)cc2sc(=O)oc12. The molecule has 0 fully saturated rings. The standard InChI is InChI=1S/C11H10O4S/c1-14-8-5-7(3-2-4-12)6-9-10(8)15-11(13)16-9/h4-6H,2-3H2,1H3. The molecule has 84 valence electrons. The molecule has 0 aliphatic carbocycles. The van der Waals surface area contributed by atoms with E-state index in [0.29, 0.717) is 24.2 Å². The number of hydrogen-bond acceptors (Lipinski definition) is 5. The molecule has 0 bridgehead atoms. The van der Waals surface area contributed by atoms with E-state index >= 15 is 0 Å². The molecule has 2 aromatic rings. The summed E-state index contributed by atoms with van der Waals surface area (Å²) < 4.78 is 10.9. The number of aldehydes is 1. The molecule has 0 spiro atoms. The summed E-state index contributed by atoms with van der Waals surface area (Å²) in [6, 6.07) is 3.65. The monoisotopic (exact) mass is 238 g/mol. The zero-order chi connectivity index (χ0) is 11.5. The molecule has 0 atom stereocenters. The number of benzene rings is 1. The molecule has 1 heterocycles. The minimum atomic E-state index is -0.346. The third-order valence-electron chi connectivity index (χ3n) is 2.23. The molecule has 0 aliphatic heterocycles. The van der Waals surface area contributed by atoms with Crippen molar-refractivity contribution in [3.05, 3.63) is 27.4 Å². The van der Waals surface area contributed by atoms with E-state index in [-0.39, 0.29) is 4.94 Å². The first-order valence-corrected chi connectivity index (χ1v) is 5.60. The van der Waals surface area contributed by atoms with Gasteiger partial charge in [-0.05, 0) is 24.1 Å². The molecular formula is C11H10O4S. The van der Waals surface area contributed by atoms with Crippen molar-refractivity contribution in [2.75, 3.05) is 7.11 Å². The molecule has 4 nitrogen and oxygen atoms in total. The second kappa shape index (κ2) is 4.49. The topological polar surface area (TPSA) is 56.5 Å². The molecule has 0 aliphatic rings. The van der Waals surface area contributed by atoms with Gasteiger partial charge < -0.3 is 13.9 Å². The molecule has 0 unspecified atom stereocenters. The Morgan fingerprint density at radius 1 is 1.50 bits per heavy atom. The van der Waals surface area contributed by atoms with Crippen molar-refractivity contribution in [1.82, 2.24) is 0 Å². The first-order chi connectivity index (χ1) is 7.74. The van der Waals surface area contributed by atoms with E-state index < -0.39 is 0 Å². The van der Waals surface area contributed by atoms with E-state index in [1.807, 2.05) is 6.07 Å². The number of methoxy groups -OCH3 is 1. The molecule has 1 aromatic heterocycles. The Balaban J connectivity index is 2.53. The van der Waals surface area contributed by atoms with Crippen LogP contribution in [0.4, 0.5) is 0 Å². The smallest absolute Gasteiger partial charge is 0.396 e. The van der Waals surface area contributed by atoms with Gasteiger partial charge >= 0.3 is 4.94 Å². The van der Waals surface area contributed by atoms with Crippen molar-refractivity contribution in [3.63, 3.8) is 0 Å². The van der Waals surface area contributed by atoms with E-state index in [2.05, 4.69) is 0 Å². The highest BCUT2D eigenvalue weighted by Crippen LogP contribution is 2.29. The van der Waals surface area contributed by atoms with Crippen LogP contribution >= 0.6 is 11.3 Å². The highest BCUT2D eigenvalue weighted by Gasteiger charge is 2.10. The molecular weight excluding hydrogens is 228 g/mol. The van der Waals surface area contributed by atoms with Gasteiger partial charge in [-0.1, -0.05) is 11.3 Å². The fourth-order valence-electron chi connectivity index (χ4n) is 1.52. The van der Waals surface area contributed by atoms with Gasteiger partial charge in [0.25, 0.3) is 0 Å². The van der Waals surface area contributed by atoms with Gasteiger partial charge in [0.2, 0.25) is 0 Å². The Labute approximate surface area is 95.5 Å². The molecule has 16 heavy (non-hydrogen) atoms. The zero-order valence-corrected chi connectivity index (χ0v) is 9.50. The highest BCUT2D eigenvalue weighted by atomic mass is 32.1. The van der Waals surface area contributed by atoms with Gasteiger partial charge in [-0.2, -0.15) is 0 Å². The second-order valence-electron chi connectivity index (χ2n) is 3.28. The van der Waals surface area contributed by atoms with Gasteiger partial charge in [-0.25, -0.2) is 4.79 Å². The summed E-state index contributed by atoms with van der Waals surface area (Å²) in [6.45, 7) is 0. The van der Waals surface area contributed by atoms with Gasteiger partial charge in [0.1, 0.15) is 6.29 Å². The minimum absolute atomic E-state index is 0.346. The van der Waals surface area contributed by atoms with Crippen LogP contribution < -0.4 is 9.68 Å². The van der Waals surface area contributed by atoms with Crippen molar-refractivity contribution in [1.29, 1.82) is 0 Å². The largest absolute Gasteiger partial charge is 0.493 e. The molecule has 1 aromatic carbocycles. The van der Waals surface area contributed by atoms with Crippen LogP contribution in [0.3, 0.4) is 0 Å². The van der Waals surface area contributed by atoms with Crippen LogP contribution in [0.2, 0.25) is 0 Å². The summed E-state index contributed by atoms with van der Waals surface area (Å²) in [7, 11) is 1.52. The normalized spacial score (nSPS) is 10.6. The third-order valence-corrected chi connectivity index (χ3v) is 3.00. The summed E-state index contributed by atoms with van der Waals surface area (Å²) in [5.74, 6) is 0.539. The molecule has 0 saturated carbocycles. The predicted molar refractivity (Wildman–Crippen MR) is 61.3 cm³/mol. The Bertz CT molecular complexity index is 567. The minimum Gasteiger partial charge on any atom is -0.493 e. The predicted octanol–water partition coefficient (Wildman–Crippen LogP) is 1.99. The maximum Gasteiger partial charge on any atom is 0.396 e. The average molecular weight is 238 g/mol. The average Bonchev–Trinajstić information content (AvgIpc) is 2.65. The maximum absolute atomic E-state index is 11.1. The molecule has 0 amide bonds. The maximum atomic E-state index is 11.1. The van der Waals surface area contributed by atoms with Crippen molar-refractivity contribution in [2.24, 2.45) is 0 Å². The van der Waals surface area contributed by atoms with Crippen LogP contribution in [0.15, 0.2) is 21.3 Å². The Morgan fingerprint density at radius 2 is 2.31 bits per heavy atom. The number of carbonyl (C=O) groups is 1. The van der Waals surface area contributed by atoms with Gasteiger partial charge in [-0.15, -0.1) is 0 Å². The van der Waals surface area contributed by atoms with Crippen molar-refractivity contribution < 1.29 is 13.9 Å². The Kier molecular flexibility index (Phi) is 3.05. The molecule has 5 heteroatoms. The van der Waals surface area contributed by atoms with Gasteiger partial charge in [0.15, 0.2) is 11.3 Å². The number of aryl methyl sites for hydroxylation is 1. The summed E-state index contributed by atoms with van der Waals surface area (Å²) in [4.78, 5) is 21.1. The zero-order valence-electron chi connectivity index (χ0n) is 8.69. The van der Waals surface area contributed by atoms with Gasteiger partial charge in [-0.3, -0.25) is 0 Å². The van der Waals surface area contributed by atoms with E-state index in [9.17, 15) is 9.59 Å². The fourth-order valence-corrected chi connectivity index (χ4v) is 2.27. The van der Waals surface area contributed by atoms with E-state index in [4.69, 9.17) is 9.15 Å². The number of hydrogen-bond donors (Lipinski definition) is 0. The van der Waals surface area contributed by atoms with Crippen LogP contribution in [0.25, 0.3) is 10.3 Å². The number of ether oxygens (including phenoxy) is 1. The van der Waals surface area contributed by atoms with Crippen LogP contribution in [0, 0.1) is 0 Å². The highest BCUT2D eigenvalue weighted by molar-refractivity contribution is 7.16. The van der Waals surface area contributed by atoms with E-state index in [0.717, 1.165) is 27.9 Å². The van der Waals surface area contributed by atoms with Gasteiger partial charge in [0.05, 0.1) is 11.8 Å². The fraction of sp³-hybridized carbons (Fsp3) is 0.273. The molecule has 0 N–H and O–H groups in total. The lowest BCUT2D eigenvalue weighted by Crippen LogP contribution is -1.89. The lowest BCUT2D eigenvalue weighted by molar-refractivity contribution is -0.107. The van der Waals surface area contributed by atoms with Crippen LogP contribution in [-0.2, 0) is 11.2 Å².